The molecule has 0 amide bonds. The molecule has 2 unspecified atom stereocenters. The van der Waals surface area contributed by atoms with Crippen LogP contribution in [0.1, 0.15) is 60.9 Å². The highest BCUT2D eigenvalue weighted by Crippen LogP contribution is 2.42. The van der Waals surface area contributed by atoms with Gasteiger partial charge in [0, 0.05) is 23.6 Å². The standard InChI is InChI=1S/C17H22FNO/c1-17(18)7-5-14(6-8-17)19-16-10-15(16)13-4-2-3-12(9-13)11-20/h2-4,9,11,14-16,19H,5-8,10H2,1H3. The van der Waals surface area contributed by atoms with E-state index >= 15 is 0 Å². The molecule has 3 rings (SSSR count). The second-order valence-electron chi connectivity index (χ2n) is 6.59. The molecule has 2 nitrogen and oxygen atoms in total. The van der Waals surface area contributed by atoms with Gasteiger partial charge in [0.05, 0.1) is 0 Å². The van der Waals surface area contributed by atoms with Gasteiger partial charge >= 0.3 is 0 Å². The molecule has 0 radical (unpaired) electrons. The summed E-state index contributed by atoms with van der Waals surface area (Å²) in [4.78, 5) is 10.8. The van der Waals surface area contributed by atoms with E-state index in [1.54, 1.807) is 6.92 Å². The van der Waals surface area contributed by atoms with E-state index in [2.05, 4.69) is 11.4 Å². The minimum atomic E-state index is -0.959. The third kappa shape index (κ3) is 3.09. The van der Waals surface area contributed by atoms with E-state index in [1.165, 1.54) is 5.56 Å². The van der Waals surface area contributed by atoms with Gasteiger partial charge in [0.1, 0.15) is 12.0 Å². The molecule has 2 aliphatic rings. The smallest absolute Gasteiger partial charge is 0.150 e. The number of halogens is 1. The molecule has 2 fully saturated rings. The van der Waals surface area contributed by atoms with Crippen LogP contribution in [-0.2, 0) is 0 Å². The van der Waals surface area contributed by atoms with Crippen LogP contribution in [0.3, 0.4) is 0 Å². The van der Waals surface area contributed by atoms with Crippen LogP contribution in [-0.4, -0.2) is 24.0 Å². The maximum absolute atomic E-state index is 13.8. The Hall–Kier alpha value is -1.22. The lowest BCUT2D eigenvalue weighted by atomic mass is 9.85. The molecule has 2 aliphatic carbocycles. The van der Waals surface area contributed by atoms with Gasteiger partial charge in [-0.3, -0.25) is 4.79 Å². The van der Waals surface area contributed by atoms with Gasteiger partial charge in [-0.2, -0.15) is 0 Å². The Morgan fingerprint density at radius 3 is 2.80 bits per heavy atom. The van der Waals surface area contributed by atoms with Gasteiger partial charge < -0.3 is 5.32 Å². The van der Waals surface area contributed by atoms with E-state index in [4.69, 9.17) is 0 Å². The van der Waals surface area contributed by atoms with Gasteiger partial charge in [-0.1, -0.05) is 18.2 Å². The number of rotatable bonds is 4. The quantitative estimate of drug-likeness (QED) is 0.850. The number of hydrogen-bond donors (Lipinski definition) is 1. The van der Waals surface area contributed by atoms with E-state index < -0.39 is 5.67 Å². The van der Waals surface area contributed by atoms with E-state index in [9.17, 15) is 9.18 Å². The Morgan fingerprint density at radius 2 is 2.10 bits per heavy atom. The Kier molecular flexibility index (Phi) is 3.63. The lowest BCUT2D eigenvalue weighted by Crippen LogP contribution is -2.39. The van der Waals surface area contributed by atoms with Crippen LogP contribution in [0.2, 0.25) is 0 Å². The fraction of sp³-hybridized carbons (Fsp3) is 0.588. The minimum absolute atomic E-state index is 0.461. The second kappa shape index (κ2) is 5.28. The van der Waals surface area contributed by atoms with Crippen molar-refractivity contribution in [2.45, 2.75) is 62.7 Å². The van der Waals surface area contributed by atoms with Crippen molar-refractivity contribution in [1.29, 1.82) is 0 Å². The first-order valence-electron chi connectivity index (χ1n) is 7.57. The van der Waals surface area contributed by atoms with Crippen LogP contribution in [0.15, 0.2) is 24.3 Å². The van der Waals surface area contributed by atoms with Crippen LogP contribution >= 0.6 is 0 Å². The average molecular weight is 275 g/mol. The summed E-state index contributed by atoms with van der Waals surface area (Å²) in [5.74, 6) is 0.522. The Morgan fingerprint density at radius 1 is 1.35 bits per heavy atom. The van der Waals surface area contributed by atoms with Crippen LogP contribution in [0, 0.1) is 0 Å². The summed E-state index contributed by atoms with van der Waals surface area (Å²) in [6.45, 7) is 1.72. The predicted molar refractivity (Wildman–Crippen MR) is 77.9 cm³/mol. The summed E-state index contributed by atoms with van der Waals surface area (Å²) in [5.41, 5.74) is 1.04. The van der Waals surface area contributed by atoms with Gasteiger partial charge in [0.2, 0.25) is 0 Å². The highest BCUT2D eigenvalue weighted by Gasteiger charge is 2.41. The van der Waals surface area contributed by atoms with E-state index in [-0.39, 0.29) is 0 Å². The summed E-state index contributed by atoms with van der Waals surface area (Å²) < 4.78 is 13.8. The summed E-state index contributed by atoms with van der Waals surface area (Å²) in [6, 6.07) is 8.83. The zero-order valence-corrected chi connectivity index (χ0v) is 11.9. The molecule has 0 aromatic heterocycles. The number of benzene rings is 1. The first kappa shape index (κ1) is 13.7. The molecule has 20 heavy (non-hydrogen) atoms. The number of aldehydes is 1. The Bertz CT molecular complexity index is 490. The largest absolute Gasteiger partial charge is 0.311 e. The zero-order chi connectivity index (χ0) is 14.2. The molecule has 2 saturated carbocycles. The summed E-state index contributed by atoms with van der Waals surface area (Å²) in [5, 5.41) is 3.66. The minimum Gasteiger partial charge on any atom is -0.311 e. The number of alkyl halides is 1. The van der Waals surface area contributed by atoms with Crippen molar-refractivity contribution in [1.82, 2.24) is 5.32 Å². The molecular weight excluding hydrogens is 253 g/mol. The summed E-state index contributed by atoms with van der Waals surface area (Å²) in [7, 11) is 0. The molecule has 1 aromatic carbocycles. The van der Waals surface area contributed by atoms with Gasteiger partial charge in [0.25, 0.3) is 0 Å². The van der Waals surface area contributed by atoms with Gasteiger partial charge in [-0.15, -0.1) is 0 Å². The molecule has 0 heterocycles. The molecule has 0 spiro atoms. The first-order chi connectivity index (χ1) is 9.57. The van der Waals surface area contributed by atoms with Gasteiger partial charge in [0.15, 0.2) is 0 Å². The molecule has 1 N–H and O–H groups in total. The van der Waals surface area contributed by atoms with Crippen molar-refractivity contribution in [3.05, 3.63) is 35.4 Å². The summed E-state index contributed by atoms with van der Waals surface area (Å²) >= 11 is 0. The van der Waals surface area contributed by atoms with Crippen molar-refractivity contribution in [2.75, 3.05) is 0 Å². The Labute approximate surface area is 119 Å². The van der Waals surface area contributed by atoms with E-state index in [1.807, 2.05) is 18.2 Å². The third-order valence-corrected chi connectivity index (χ3v) is 4.74. The normalized spacial score (nSPS) is 36.6. The fourth-order valence-corrected chi connectivity index (χ4v) is 3.30. The molecule has 1 aromatic rings. The highest BCUT2D eigenvalue weighted by atomic mass is 19.1. The lowest BCUT2D eigenvalue weighted by molar-refractivity contribution is 0.112. The SMILES string of the molecule is CC1(F)CCC(NC2CC2c2cccc(C=O)c2)CC1. The maximum Gasteiger partial charge on any atom is 0.150 e. The number of carbonyl (C=O) groups is 1. The number of nitrogens with one attached hydrogen (secondary N) is 1. The van der Waals surface area contributed by atoms with Crippen LogP contribution in [0.25, 0.3) is 0 Å². The first-order valence-corrected chi connectivity index (χ1v) is 7.57. The lowest BCUT2D eigenvalue weighted by Gasteiger charge is -2.31. The molecule has 3 heteroatoms. The molecule has 108 valence electrons. The fourth-order valence-electron chi connectivity index (χ4n) is 3.30. The third-order valence-electron chi connectivity index (χ3n) is 4.74. The molecule has 0 saturated heterocycles. The average Bonchev–Trinajstić information content (AvgIpc) is 3.21. The molecule has 2 atom stereocenters. The molecule has 0 aliphatic heterocycles. The van der Waals surface area contributed by atoms with Crippen LogP contribution in [0.5, 0.6) is 0 Å². The second-order valence-corrected chi connectivity index (χ2v) is 6.59. The predicted octanol–water partition coefficient (Wildman–Crippen LogP) is 3.62. The van der Waals surface area contributed by atoms with Crippen molar-refractivity contribution in [3.8, 4) is 0 Å². The van der Waals surface area contributed by atoms with E-state index in [0.29, 0.717) is 30.8 Å². The van der Waals surface area contributed by atoms with Crippen LogP contribution in [0.4, 0.5) is 4.39 Å². The van der Waals surface area contributed by atoms with Crippen molar-refractivity contribution >= 4 is 6.29 Å². The number of carbonyl (C=O) groups excluding carboxylic acids is 1. The Balaban J connectivity index is 1.53. The van der Waals surface area contributed by atoms with Crippen molar-refractivity contribution < 1.29 is 9.18 Å². The van der Waals surface area contributed by atoms with E-state index in [0.717, 1.165) is 31.1 Å². The highest BCUT2D eigenvalue weighted by molar-refractivity contribution is 5.75. The van der Waals surface area contributed by atoms with Gasteiger partial charge in [-0.25, -0.2) is 4.39 Å². The summed E-state index contributed by atoms with van der Waals surface area (Å²) in [6.07, 6.45) is 5.24. The van der Waals surface area contributed by atoms with Crippen LogP contribution < -0.4 is 5.32 Å². The van der Waals surface area contributed by atoms with Gasteiger partial charge in [-0.05, 0) is 50.7 Å². The van der Waals surface area contributed by atoms with Crippen molar-refractivity contribution in [2.24, 2.45) is 0 Å². The topological polar surface area (TPSA) is 29.1 Å². The monoisotopic (exact) mass is 275 g/mol. The molecular formula is C17H22FNO. The number of hydrogen-bond acceptors (Lipinski definition) is 2. The maximum atomic E-state index is 13.8. The molecule has 0 bridgehead atoms. The van der Waals surface area contributed by atoms with Crippen molar-refractivity contribution in [3.63, 3.8) is 0 Å². The zero-order valence-electron chi connectivity index (χ0n) is 11.9.